The number of rotatable bonds is 7. The number of amides is 3. The smallest absolute Gasteiger partial charge is 0.407 e. The summed E-state index contributed by atoms with van der Waals surface area (Å²) < 4.78 is 23.6. The molecule has 39 heavy (non-hydrogen) atoms. The Morgan fingerprint density at radius 3 is 2.44 bits per heavy atom. The average molecular weight is 539 g/mol. The summed E-state index contributed by atoms with van der Waals surface area (Å²) in [5.41, 5.74) is 2.78. The van der Waals surface area contributed by atoms with E-state index in [4.69, 9.17) is 9.47 Å². The fourth-order valence-corrected chi connectivity index (χ4v) is 5.93. The van der Waals surface area contributed by atoms with Crippen LogP contribution in [0, 0.1) is 11.7 Å². The van der Waals surface area contributed by atoms with E-state index in [1.54, 1.807) is 4.90 Å². The molecule has 9 nitrogen and oxygen atoms in total. The first kappa shape index (κ1) is 26.9. The van der Waals surface area contributed by atoms with Crippen LogP contribution in [0.1, 0.15) is 43.7 Å². The van der Waals surface area contributed by atoms with Gasteiger partial charge in [-0.3, -0.25) is 9.59 Å². The number of benzene rings is 2. The summed E-state index contributed by atoms with van der Waals surface area (Å²) in [6.07, 6.45) is 3.27. The second-order valence-corrected chi connectivity index (χ2v) is 10.4. The van der Waals surface area contributed by atoms with Crippen molar-refractivity contribution in [1.29, 1.82) is 0 Å². The SMILES string of the molecule is COC(=O)N[C@H](C(=O)N1CCC[C@H]1C(=O)Nc1ccc([C@H]2CCCN2c2ccc(F)cc2)cc1)[C@H]1CCOC1. The highest BCUT2D eigenvalue weighted by atomic mass is 19.1. The summed E-state index contributed by atoms with van der Waals surface area (Å²) >= 11 is 0. The lowest BCUT2D eigenvalue weighted by molar-refractivity contribution is -0.139. The number of ether oxygens (including phenoxy) is 2. The highest BCUT2D eigenvalue weighted by Crippen LogP contribution is 2.36. The normalized spacial score (nSPS) is 23.5. The molecule has 0 aromatic heterocycles. The number of anilines is 2. The van der Waals surface area contributed by atoms with Crippen molar-refractivity contribution < 1.29 is 28.2 Å². The number of alkyl carbamates (subject to hydrolysis) is 1. The Labute approximate surface area is 227 Å². The largest absolute Gasteiger partial charge is 0.453 e. The van der Waals surface area contributed by atoms with Gasteiger partial charge in [-0.2, -0.15) is 0 Å². The highest BCUT2D eigenvalue weighted by Gasteiger charge is 2.41. The molecule has 10 heteroatoms. The lowest BCUT2D eigenvalue weighted by Gasteiger charge is -2.30. The van der Waals surface area contributed by atoms with E-state index >= 15 is 0 Å². The van der Waals surface area contributed by atoms with Crippen molar-refractivity contribution in [3.63, 3.8) is 0 Å². The van der Waals surface area contributed by atoms with Crippen LogP contribution in [0.25, 0.3) is 0 Å². The fraction of sp³-hybridized carbons (Fsp3) is 0.483. The second kappa shape index (κ2) is 12.0. The molecule has 0 saturated carbocycles. The average Bonchev–Trinajstić information content (AvgIpc) is 3.74. The van der Waals surface area contributed by atoms with E-state index in [1.807, 2.05) is 36.4 Å². The predicted molar refractivity (Wildman–Crippen MR) is 144 cm³/mol. The van der Waals surface area contributed by atoms with Crippen molar-refractivity contribution in [3.05, 3.63) is 59.9 Å². The van der Waals surface area contributed by atoms with Crippen LogP contribution in [-0.2, 0) is 19.1 Å². The van der Waals surface area contributed by atoms with Gasteiger partial charge in [0.1, 0.15) is 17.9 Å². The van der Waals surface area contributed by atoms with Gasteiger partial charge in [-0.05, 0) is 74.1 Å². The molecule has 3 aliphatic rings. The van der Waals surface area contributed by atoms with Crippen molar-refractivity contribution in [2.24, 2.45) is 5.92 Å². The Kier molecular flexibility index (Phi) is 8.30. The van der Waals surface area contributed by atoms with Gasteiger partial charge < -0.3 is 29.9 Å². The van der Waals surface area contributed by atoms with E-state index < -0.39 is 18.2 Å². The lowest BCUT2D eigenvalue weighted by atomic mass is 9.97. The van der Waals surface area contributed by atoms with Gasteiger partial charge in [0.15, 0.2) is 0 Å². The molecule has 3 fully saturated rings. The van der Waals surface area contributed by atoms with Crippen LogP contribution in [-0.4, -0.2) is 68.3 Å². The number of hydrogen-bond acceptors (Lipinski definition) is 6. The van der Waals surface area contributed by atoms with Crippen LogP contribution < -0.4 is 15.5 Å². The molecule has 4 atom stereocenters. The summed E-state index contributed by atoms with van der Waals surface area (Å²) in [6, 6.07) is 13.1. The van der Waals surface area contributed by atoms with Crippen LogP contribution in [0.2, 0.25) is 0 Å². The number of hydrogen-bond donors (Lipinski definition) is 2. The molecule has 3 heterocycles. The first-order valence-electron chi connectivity index (χ1n) is 13.6. The quantitative estimate of drug-likeness (QED) is 0.556. The number of carbonyl (C=O) groups excluding carboxylic acids is 3. The Hall–Kier alpha value is -3.66. The molecule has 0 radical (unpaired) electrons. The standard InChI is InChI=1S/C29H35FN4O5/c1-38-29(37)32-26(20-14-17-39-18-20)28(36)34-16-3-5-25(34)27(35)31-22-10-6-19(7-11-22)24-4-2-15-33(24)23-12-8-21(30)9-13-23/h6-13,20,24-26H,2-5,14-18H2,1H3,(H,31,35)(H,32,37)/t20-,24+,25-,26-/m0/s1. The molecule has 3 amide bonds. The van der Waals surface area contributed by atoms with Crippen LogP contribution in [0.5, 0.6) is 0 Å². The van der Waals surface area contributed by atoms with Crippen molar-refractivity contribution in [3.8, 4) is 0 Å². The summed E-state index contributed by atoms with van der Waals surface area (Å²) in [5.74, 6) is -0.952. The van der Waals surface area contributed by atoms with Gasteiger partial charge in [-0.15, -0.1) is 0 Å². The Morgan fingerprint density at radius 2 is 1.74 bits per heavy atom. The van der Waals surface area contributed by atoms with Crippen molar-refractivity contribution in [2.75, 3.05) is 43.6 Å². The number of nitrogens with one attached hydrogen (secondary N) is 2. The van der Waals surface area contributed by atoms with Gasteiger partial charge >= 0.3 is 6.09 Å². The third kappa shape index (κ3) is 6.00. The van der Waals surface area contributed by atoms with Gasteiger partial charge in [0.25, 0.3) is 0 Å². The molecule has 0 aliphatic carbocycles. The molecule has 3 saturated heterocycles. The first-order chi connectivity index (χ1) is 18.9. The van der Waals surface area contributed by atoms with E-state index in [-0.39, 0.29) is 29.6 Å². The second-order valence-electron chi connectivity index (χ2n) is 10.4. The third-order valence-electron chi connectivity index (χ3n) is 7.97. The Balaban J connectivity index is 1.24. The third-order valence-corrected chi connectivity index (χ3v) is 7.97. The first-order valence-corrected chi connectivity index (χ1v) is 13.6. The molecule has 2 N–H and O–H groups in total. The minimum Gasteiger partial charge on any atom is -0.453 e. The minimum atomic E-state index is -0.803. The van der Waals surface area contributed by atoms with Gasteiger partial charge in [0, 0.05) is 37.0 Å². The van der Waals surface area contributed by atoms with Gasteiger partial charge in [0.2, 0.25) is 11.8 Å². The van der Waals surface area contributed by atoms with Crippen molar-refractivity contribution in [1.82, 2.24) is 10.2 Å². The summed E-state index contributed by atoms with van der Waals surface area (Å²) in [5, 5.41) is 5.63. The molecular formula is C29H35FN4O5. The maximum atomic E-state index is 13.5. The van der Waals surface area contributed by atoms with E-state index in [0.29, 0.717) is 44.7 Å². The zero-order valence-corrected chi connectivity index (χ0v) is 22.1. The molecule has 0 bridgehead atoms. The van der Waals surface area contributed by atoms with Crippen molar-refractivity contribution in [2.45, 2.75) is 50.2 Å². The molecule has 3 aliphatic heterocycles. The number of likely N-dealkylation sites (tertiary alicyclic amines) is 1. The van der Waals surface area contributed by atoms with Crippen LogP contribution in [0.3, 0.4) is 0 Å². The molecule has 0 spiro atoms. The maximum Gasteiger partial charge on any atom is 0.407 e. The molecule has 208 valence electrons. The zero-order chi connectivity index (χ0) is 27.4. The molecular weight excluding hydrogens is 503 g/mol. The van der Waals surface area contributed by atoms with Crippen LogP contribution in [0.15, 0.2) is 48.5 Å². The number of carbonyl (C=O) groups is 3. The van der Waals surface area contributed by atoms with Crippen LogP contribution >= 0.6 is 0 Å². The molecule has 2 aromatic carbocycles. The number of nitrogens with zero attached hydrogens (tertiary/aromatic N) is 2. The van der Waals surface area contributed by atoms with E-state index in [1.165, 1.54) is 19.2 Å². The summed E-state index contributed by atoms with van der Waals surface area (Å²) in [6.45, 7) is 2.25. The molecule has 2 aromatic rings. The highest BCUT2D eigenvalue weighted by molar-refractivity contribution is 5.98. The van der Waals surface area contributed by atoms with Gasteiger partial charge in [0.05, 0.1) is 19.8 Å². The van der Waals surface area contributed by atoms with E-state index in [0.717, 1.165) is 30.6 Å². The maximum absolute atomic E-state index is 13.5. The molecule has 0 unspecified atom stereocenters. The summed E-state index contributed by atoms with van der Waals surface area (Å²) in [7, 11) is 1.26. The van der Waals surface area contributed by atoms with E-state index in [2.05, 4.69) is 15.5 Å². The number of methoxy groups -OCH3 is 1. The number of halogens is 1. The van der Waals surface area contributed by atoms with E-state index in [9.17, 15) is 18.8 Å². The lowest BCUT2D eigenvalue weighted by Crippen LogP contribution is -2.55. The zero-order valence-electron chi connectivity index (χ0n) is 22.1. The van der Waals surface area contributed by atoms with Gasteiger partial charge in [-0.25, -0.2) is 9.18 Å². The fourth-order valence-electron chi connectivity index (χ4n) is 5.93. The van der Waals surface area contributed by atoms with Gasteiger partial charge in [-0.1, -0.05) is 12.1 Å². The molecule has 5 rings (SSSR count). The van der Waals surface area contributed by atoms with Crippen LogP contribution in [0.4, 0.5) is 20.6 Å². The van der Waals surface area contributed by atoms with Crippen molar-refractivity contribution >= 4 is 29.3 Å². The minimum absolute atomic E-state index is 0.168. The topological polar surface area (TPSA) is 100 Å². The Morgan fingerprint density at radius 1 is 1.00 bits per heavy atom. The summed E-state index contributed by atoms with van der Waals surface area (Å²) in [4.78, 5) is 42.6. The Bertz CT molecular complexity index is 1170. The monoisotopic (exact) mass is 538 g/mol. The predicted octanol–water partition coefficient (Wildman–Crippen LogP) is 3.86.